The van der Waals surface area contributed by atoms with Crippen LogP contribution in [0, 0.1) is 0 Å². The molecular formula is C29H46N2O2S. The predicted molar refractivity (Wildman–Crippen MR) is 149 cm³/mol. The Bertz CT molecular complexity index is 868. The van der Waals surface area contributed by atoms with Crippen LogP contribution in [-0.4, -0.2) is 42.4 Å². The summed E-state index contributed by atoms with van der Waals surface area (Å²) < 4.78 is 27.2. The van der Waals surface area contributed by atoms with Crippen molar-refractivity contribution in [2.75, 3.05) is 43.7 Å². The maximum absolute atomic E-state index is 13.6. The summed E-state index contributed by atoms with van der Waals surface area (Å²) in [6, 6.07) is 15.9. The standard InChI is InChI=1S/C29H46N2O2S/c1-6-7-8-9-10-11-12-13-14-15-24-34(32,33)29(25-16-20-27(21-17-25)30(2)3)26-18-22-28(23-19-26)31(4)5/h16-23,29H,6-15,24H2,1-5H3. The van der Waals surface area contributed by atoms with Gasteiger partial charge in [0.1, 0.15) is 5.25 Å². The van der Waals surface area contributed by atoms with Crippen molar-refractivity contribution in [3.8, 4) is 0 Å². The van der Waals surface area contributed by atoms with Crippen LogP contribution >= 0.6 is 0 Å². The number of sulfone groups is 1. The summed E-state index contributed by atoms with van der Waals surface area (Å²) in [5, 5.41) is -0.626. The van der Waals surface area contributed by atoms with Crippen molar-refractivity contribution in [3.05, 3.63) is 59.7 Å². The largest absolute Gasteiger partial charge is 0.378 e. The maximum atomic E-state index is 13.6. The predicted octanol–water partition coefficient (Wildman–Crippen LogP) is 7.24. The molecule has 0 atom stereocenters. The van der Waals surface area contributed by atoms with Crippen molar-refractivity contribution in [1.82, 2.24) is 0 Å². The molecule has 0 unspecified atom stereocenters. The zero-order valence-corrected chi connectivity index (χ0v) is 22.9. The minimum atomic E-state index is -3.33. The molecule has 2 aromatic carbocycles. The fraction of sp³-hybridized carbons (Fsp3) is 0.586. The van der Waals surface area contributed by atoms with E-state index in [2.05, 4.69) is 6.92 Å². The van der Waals surface area contributed by atoms with Gasteiger partial charge in [-0.2, -0.15) is 0 Å². The first kappa shape index (κ1) is 28.2. The minimum absolute atomic E-state index is 0.235. The molecule has 0 saturated heterocycles. The third-order valence-corrected chi connectivity index (χ3v) is 8.69. The SMILES string of the molecule is CCCCCCCCCCCCS(=O)(=O)C(c1ccc(N(C)C)cc1)c1ccc(N(C)C)cc1. The lowest BCUT2D eigenvalue weighted by Crippen LogP contribution is -2.19. The summed E-state index contributed by atoms with van der Waals surface area (Å²) in [6.07, 6.45) is 12.0. The molecule has 0 heterocycles. The average molecular weight is 487 g/mol. The van der Waals surface area contributed by atoms with Crippen LogP contribution in [0.2, 0.25) is 0 Å². The molecule has 0 saturated carbocycles. The van der Waals surface area contributed by atoms with Crippen molar-refractivity contribution >= 4 is 21.2 Å². The van der Waals surface area contributed by atoms with Crippen LogP contribution in [0.15, 0.2) is 48.5 Å². The molecule has 190 valence electrons. The van der Waals surface area contributed by atoms with Crippen LogP contribution in [0.25, 0.3) is 0 Å². The summed E-state index contributed by atoms with van der Waals surface area (Å²) in [5.74, 6) is 0.235. The summed E-state index contributed by atoms with van der Waals surface area (Å²) in [4.78, 5) is 4.06. The minimum Gasteiger partial charge on any atom is -0.378 e. The molecule has 2 aromatic rings. The number of nitrogens with zero attached hydrogens (tertiary/aromatic N) is 2. The van der Waals surface area contributed by atoms with Crippen LogP contribution in [0.3, 0.4) is 0 Å². The fourth-order valence-electron chi connectivity index (χ4n) is 4.41. The van der Waals surface area contributed by atoms with Crippen LogP contribution in [0.5, 0.6) is 0 Å². The maximum Gasteiger partial charge on any atom is 0.161 e. The number of rotatable bonds is 16. The average Bonchev–Trinajstić information content (AvgIpc) is 2.81. The third-order valence-electron chi connectivity index (χ3n) is 6.57. The Balaban J connectivity index is 2.04. The van der Waals surface area contributed by atoms with Gasteiger partial charge in [0, 0.05) is 39.6 Å². The Hall–Kier alpha value is -2.01. The Kier molecular flexibility index (Phi) is 12.0. The summed E-state index contributed by atoms with van der Waals surface area (Å²) in [7, 11) is 4.65. The normalized spacial score (nSPS) is 11.7. The van der Waals surface area contributed by atoms with Crippen LogP contribution in [0.1, 0.15) is 87.5 Å². The van der Waals surface area contributed by atoms with Crippen LogP contribution < -0.4 is 9.80 Å². The van der Waals surface area contributed by atoms with Crippen molar-refractivity contribution in [3.63, 3.8) is 0 Å². The Morgan fingerprint density at radius 1 is 0.588 bits per heavy atom. The van der Waals surface area contributed by atoms with E-state index in [1.54, 1.807) is 0 Å². The molecule has 0 aromatic heterocycles. The molecule has 34 heavy (non-hydrogen) atoms. The molecule has 2 rings (SSSR count). The zero-order chi connectivity index (χ0) is 25.0. The van der Waals surface area contributed by atoms with E-state index in [1.165, 1.54) is 44.9 Å². The van der Waals surface area contributed by atoms with E-state index in [-0.39, 0.29) is 5.75 Å². The molecular weight excluding hydrogens is 440 g/mol. The lowest BCUT2D eigenvalue weighted by molar-refractivity contribution is 0.556. The topological polar surface area (TPSA) is 40.6 Å². The Morgan fingerprint density at radius 3 is 1.29 bits per heavy atom. The molecule has 0 fully saturated rings. The Labute approximate surface area is 209 Å². The van der Waals surface area contributed by atoms with E-state index < -0.39 is 15.1 Å². The van der Waals surface area contributed by atoms with E-state index in [0.717, 1.165) is 41.8 Å². The molecule has 0 N–H and O–H groups in total. The monoisotopic (exact) mass is 486 g/mol. The molecule has 0 aliphatic carbocycles. The van der Waals surface area contributed by atoms with Gasteiger partial charge in [-0.05, 0) is 41.8 Å². The third kappa shape index (κ3) is 8.98. The number of anilines is 2. The van der Waals surface area contributed by atoms with Gasteiger partial charge in [0.2, 0.25) is 0 Å². The van der Waals surface area contributed by atoms with E-state index in [1.807, 2.05) is 86.5 Å². The summed E-state index contributed by atoms with van der Waals surface area (Å²) >= 11 is 0. The van der Waals surface area contributed by atoms with Crippen molar-refractivity contribution in [2.45, 2.75) is 76.4 Å². The van der Waals surface area contributed by atoms with Gasteiger partial charge in [0.25, 0.3) is 0 Å². The molecule has 0 spiro atoms. The highest BCUT2D eigenvalue weighted by molar-refractivity contribution is 7.91. The highest BCUT2D eigenvalue weighted by Gasteiger charge is 2.28. The van der Waals surface area contributed by atoms with Gasteiger partial charge in [0.15, 0.2) is 9.84 Å². The molecule has 4 nitrogen and oxygen atoms in total. The van der Waals surface area contributed by atoms with Crippen LogP contribution in [-0.2, 0) is 9.84 Å². The second-order valence-corrected chi connectivity index (χ2v) is 12.1. The van der Waals surface area contributed by atoms with Crippen LogP contribution in [0.4, 0.5) is 11.4 Å². The first-order valence-electron chi connectivity index (χ1n) is 13.0. The zero-order valence-electron chi connectivity index (χ0n) is 22.1. The van der Waals surface area contributed by atoms with Crippen molar-refractivity contribution in [2.24, 2.45) is 0 Å². The highest BCUT2D eigenvalue weighted by atomic mass is 32.2. The highest BCUT2D eigenvalue weighted by Crippen LogP contribution is 2.33. The summed E-state index contributed by atoms with van der Waals surface area (Å²) in [6.45, 7) is 2.25. The van der Waals surface area contributed by atoms with E-state index in [0.29, 0.717) is 0 Å². The molecule has 0 aliphatic rings. The second kappa shape index (κ2) is 14.4. The smallest absolute Gasteiger partial charge is 0.161 e. The molecule has 0 aliphatic heterocycles. The van der Waals surface area contributed by atoms with Gasteiger partial charge in [0.05, 0.1) is 5.75 Å². The number of benzene rings is 2. The van der Waals surface area contributed by atoms with E-state index >= 15 is 0 Å². The first-order chi connectivity index (χ1) is 16.3. The Morgan fingerprint density at radius 2 is 0.941 bits per heavy atom. The van der Waals surface area contributed by atoms with E-state index in [9.17, 15) is 8.42 Å². The van der Waals surface area contributed by atoms with Gasteiger partial charge in [-0.3, -0.25) is 0 Å². The molecule has 5 heteroatoms. The lowest BCUT2D eigenvalue weighted by Gasteiger charge is -2.21. The van der Waals surface area contributed by atoms with Gasteiger partial charge in [-0.1, -0.05) is 89.0 Å². The number of hydrogen-bond acceptors (Lipinski definition) is 4. The molecule has 0 amide bonds. The number of unbranched alkanes of at least 4 members (excludes halogenated alkanes) is 9. The van der Waals surface area contributed by atoms with Gasteiger partial charge in [-0.15, -0.1) is 0 Å². The van der Waals surface area contributed by atoms with Gasteiger partial charge < -0.3 is 9.80 Å². The fourth-order valence-corrected chi connectivity index (χ4v) is 6.40. The second-order valence-electron chi connectivity index (χ2n) is 9.90. The lowest BCUT2D eigenvalue weighted by atomic mass is 10.0. The summed E-state index contributed by atoms with van der Waals surface area (Å²) in [5.41, 5.74) is 3.82. The quantitative estimate of drug-likeness (QED) is 0.234. The molecule has 0 bridgehead atoms. The number of hydrogen-bond donors (Lipinski definition) is 0. The van der Waals surface area contributed by atoms with Gasteiger partial charge in [-0.25, -0.2) is 8.42 Å². The van der Waals surface area contributed by atoms with Crippen molar-refractivity contribution in [1.29, 1.82) is 0 Å². The van der Waals surface area contributed by atoms with E-state index in [4.69, 9.17) is 0 Å². The first-order valence-corrected chi connectivity index (χ1v) is 14.7. The van der Waals surface area contributed by atoms with Crippen molar-refractivity contribution < 1.29 is 8.42 Å². The molecule has 0 radical (unpaired) electrons. The van der Waals surface area contributed by atoms with Gasteiger partial charge >= 0.3 is 0 Å².